The van der Waals surface area contributed by atoms with E-state index in [9.17, 15) is 0 Å². The van der Waals surface area contributed by atoms with Crippen LogP contribution >= 0.6 is 0 Å². The van der Waals surface area contributed by atoms with Gasteiger partial charge < -0.3 is 34.0 Å². The van der Waals surface area contributed by atoms with Crippen molar-refractivity contribution in [1.82, 2.24) is 0 Å². The van der Waals surface area contributed by atoms with Crippen molar-refractivity contribution in [2.75, 3.05) is 0 Å². The van der Waals surface area contributed by atoms with Gasteiger partial charge in [-0.1, -0.05) is 32.1 Å². The van der Waals surface area contributed by atoms with Crippen molar-refractivity contribution in [2.24, 2.45) is 0 Å². The molecule has 0 atom stereocenters. The molecule has 1 saturated carbocycles. The Kier molecular flexibility index (Phi) is 23.6. The van der Waals surface area contributed by atoms with Crippen molar-refractivity contribution in [3.63, 3.8) is 0 Å². The van der Waals surface area contributed by atoms with Gasteiger partial charge in [0.25, 0.3) is 0 Å². The van der Waals surface area contributed by atoms with Gasteiger partial charge in [-0.3, -0.25) is 0 Å². The van der Waals surface area contributed by atoms with Crippen LogP contribution in [-0.2, 0) is 0 Å². The van der Waals surface area contributed by atoms with E-state index in [4.69, 9.17) is 0 Å². The van der Waals surface area contributed by atoms with E-state index in [1.54, 1.807) is 0 Å². The zero-order valence-electron chi connectivity index (χ0n) is 5.00. The average Bonchev–Trinajstić information content (AvgIpc) is 1.76. The van der Waals surface area contributed by atoms with Crippen molar-refractivity contribution in [1.29, 1.82) is 0 Å². The number of rotatable bonds is 0. The molecule has 1 fully saturated rings. The Morgan fingerprint density at radius 2 is 0.625 bits per heavy atom. The van der Waals surface area contributed by atoms with Crippen molar-refractivity contribution >= 4 is 23.1 Å². The largest absolute Gasteiger partial charge is 2.00 e. The monoisotopic (exact) mass is 252 g/mol. The first-order valence-corrected chi connectivity index (χ1v) is 2.50. The topological polar surface area (TPSA) is 0 Å². The van der Waals surface area contributed by atoms with Gasteiger partial charge in [-0.15, -0.1) is 0 Å². The Bertz CT molecular complexity index is 22.0. The molecule has 8 heavy (non-hydrogen) atoms. The molecule has 0 saturated heterocycles. The Hall–Kier alpha value is 1.73. The standard InChI is InChI=1S/C5H10.2BrH.Mg/c1-2-4-5-3-1;;;/h1-5H2;2*1H;/q;;;+2/p-2. The molecule has 0 nitrogen and oxygen atoms in total. The molecule has 3 heteroatoms. The summed E-state index contributed by atoms with van der Waals surface area (Å²) in [5.74, 6) is 0. The summed E-state index contributed by atoms with van der Waals surface area (Å²) in [4.78, 5) is 0. The summed E-state index contributed by atoms with van der Waals surface area (Å²) in [6, 6.07) is 0. The fourth-order valence-corrected chi connectivity index (χ4v) is 0.884. The summed E-state index contributed by atoms with van der Waals surface area (Å²) in [5.41, 5.74) is 0. The molecular formula is C5H10Br2Mg. The summed E-state index contributed by atoms with van der Waals surface area (Å²) in [7, 11) is 0. The van der Waals surface area contributed by atoms with E-state index >= 15 is 0 Å². The van der Waals surface area contributed by atoms with Gasteiger partial charge in [-0.05, 0) is 0 Å². The SMILES string of the molecule is C1CCCC1.[Br-].[Br-].[Mg+2]. The predicted molar refractivity (Wildman–Crippen MR) is 28.8 cm³/mol. The molecular weight excluding hydrogens is 244 g/mol. The molecule has 0 unspecified atom stereocenters. The maximum atomic E-state index is 1.50. The normalized spacial score (nSPS) is 15.0. The first-order chi connectivity index (χ1) is 2.50. The number of hydrogen-bond donors (Lipinski definition) is 0. The van der Waals surface area contributed by atoms with Gasteiger partial charge in [0.15, 0.2) is 0 Å². The molecule has 0 aromatic rings. The zero-order chi connectivity index (χ0) is 3.54. The van der Waals surface area contributed by atoms with E-state index in [0.717, 1.165) is 0 Å². The molecule has 46 valence electrons. The minimum absolute atomic E-state index is 0. The van der Waals surface area contributed by atoms with Gasteiger partial charge in [0.1, 0.15) is 0 Å². The van der Waals surface area contributed by atoms with Gasteiger partial charge in [0.05, 0.1) is 0 Å². The third-order valence-electron chi connectivity index (χ3n) is 1.25. The first-order valence-electron chi connectivity index (χ1n) is 2.50. The first kappa shape index (κ1) is 16.4. The molecule has 1 rings (SSSR count). The second kappa shape index (κ2) is 11.5. The Balaban J connectivity index is -0.0000000833. The van der Waals surface area contributed by atoms with Crippen molar-refractivity contribution < 1.29 is 34.0 Å². The second-order valence-electron chi connectivity index (χ2n) is 1.77. The van der Waals surface area contributed by atoms with Crippen molar-refractivity contribution in [3.05, 3.63) is 0 Å². The molecule has 0 bridgehead atoms. The van der Waals surface area contributed by atoms with Crippen LogP contribution in [-0.4, -0.2) is 23.1 Å². The smallest absolute Gasteiger partial charge is 1.00 e. The molecule has 0 spiro atoms. The van der Waals surface area contributed by atoms with Crippen LogP contribution in [0.2, 0.25) is 0 Å². The number of halogens is 2. The number of hydrogen-bond acceptors (Lipinski definition) is 0. The Morgan fingerprint density at radius 1 is 0.500 bits per heavy atom. The van der Waals surface area contributed by atoms with Crippen LogP contribution in [0.5, 0.6) is 0 Å². The second-order valence-corrected chi connectivity index (χ2v) is 1.77. The van der Waals surface area contributed by atoms with Gasteiger partial charge in [0.2, 0.25) is 0 Å². The fraction of sp³-hybridized carbons (Fsp3) is 1.00. The summed E-state index contributed by atoms with van der Waals surface area (Å²) < 4.78 is 0. The Labute approximate surface area is 88.5 Å². The van der Waals surface area contributed by atoms with Crippen molar-refractivity contribution in [3.8, 4) is 0 Å². The van der Waals surface area contributed by atoms with E-state index < -0.39 is 0 Å². The van der Waals surface area contributed by atoms with Crippen LogP contribution in [0.1, 0.15) is 32.1 Å². The summed E-state index contributed by atoms with van der Waals surface area (Å²) in [6.07, 6.45) is 7.50. The molecule has 1 aliphatic carbocycles. The predicted octanol–water partition coefficient (Wildman–Crippen LogP) is -4.42. The molecule has 0 amide bonds. The van der Waals surface area contributed by atoms with Gasteiger partial charge in [-0.2, -0.15) is 0 Å². The molecule has 1 aliphatic rings. The van der Waals surface area contributed by atoms with E-state index in [2.05, 4.69) is 0 Å². The van der Waals surface area contributed by atoms with E-state index in [0.29, 0.717) is 0 Å². The van der Waals surface area contributed by atoms with Crippen LogP contribution in [0.3, 0.4) is 0 Å². The maximum Gasteiger partial charge on any atom is 2.00 e. The molecule has 0 N–H and O–H groups in total. The summed E-state index contributed by atoms with van der Waals surface area (Å²) >= 11 is 0. The van der Waals surface area contributed by atoms with Crippen LogP contribution in [0.25, 0.3) is 0 Å². The van der Waals surface area contributed by atoms with Gasteiger partial charge in [-0.25, -0.2) is 0 Å². The molecule has 0 aromatic carbocycles. The molecule has 0 radical (unpaired) electrons. The average molecular weight is 254 g/mol. The molecule has 0 aromatic heterocycles. The Morgan fingerprint density at radius 3 is 0.750 bits per heavy atom. The van der Waals surface area contributed by atoms with Crippen molar-refractivity contribution in [2.45, 2.75) is 32.1 Å². The molecule has 0 heterocycles. The third kappa shape index (κ3) is 7.73. The summed E-state index contributed by atoms with van der Waals surface area (Å²) in [6.45, 7) is 0. The van der Waals surface area contributed by atoms with Crippen LogP contribution in [0, 0.1) is 0 Å². The van der Waals surface area contributed by atoms with Crippen LogP contribution in [0.4, 0.5) is 0 Å². The van der Waals surface area contributed by atoms with E-state index in [1.807, 2.05) is 0 Å². The molecule has 0 aliphatic heterocycles. The van der Waals surface area contributed by atoms with Crippen LogP contribution in [0.15, 0.2) is 0 Å². The fourth-order valence-electron chi connectivity index (χ4n) is 0.884. The quantitative estimate of drug-likeness (QED) is 0.383. The minimum Gasteiger partial charge on any atom is -1.00 e. The third-order valence-corrected chi connectivity index (χ3v) is 1.25. The maximum absolute atomic E-state index is 1.50. The van der Waals surface area contributed by atoms with E-state index in [1.165, 1.54) is 32.1 Å². The summed E-state index contributed by atoms with van der Waals surface area (Å²) in [5, 5.41) is 0. The zero-order valence-corrected chi connectivity index (χ0v) is 9.58. The minimum atomic E-state index is 0. The van der Waals surface area contributed by atoms with Crippen LogP contribution < -0.4 is 34.0 Å². The van der Waals surface area contributed by atoms with E-state index in [-0.39, 0.29) is 57.0 Å². The van der Waals surface area contributed by atoms with Gasteiger partial charge >= 0.3 is 23.1 Å². The van der Waals surface area contributed by atoms with Gasteiger partial charge in [0, 0.05) is 0 Å².